The molecular formula is C71H48N10. The molecule has 0 N–H and O–H groups in total. The highest BCUT2D eigenvalue weighted by atomic mass is 15.3. The van der Waals surface area contributed by atoms with Gasteiger partial charge in [-0.15, -0.1) is 10.2 Å². The lowest BCUT2D eigenvalue weighted by atomic mass is 9.91. The van der Waals surface area contributed by atoms with E-state index in [0.717, 1.165) is 106 Å². The molecule has 14 aromatic rings. The average molecular weight is 1040 g/mol. The first-order valence-electron chi connectivity index (χ1n) is 26.5. The molecule has 0 fully saturated rings. The Hall–Kier alpha value is -11.2. The highest BCUT2D eigenvalue weighted by molar-refractivity contribution is 5.96. The molecule has 81 heavy (non-hydrogen) atoms. The molecule has 0 amide bonds. The summed E-state index contributed by atoms with van der Waals surface area (Å²) in [5.41, 5.74) is 19.2. The van der Waals surface area contributed by atoms with E-state index in [0.29, 0.717) is 17.3 Å². The molecule has 10 heteroatoms. The maximum atomic E-state index is 5.07. The SMILES string of the molecule is c1ccc(-n2c(-c3cccc(-c4ccccn4)n3)nnc2-c2cccc(-c3cccc4ccccc34)n2)cc1.c1cncc(-c2cc(-c3cccnc3)cc(-c3cccc(-c4cc(-c5cccnc5)cc(-c5cccnc5)c4)c3)c2)c1. The lowest BCUT2D eigenvalue weighted by Crippen LogP contribution is -2.03. The summed E-state index contributed by atoms with van der Waals surface area (Å²) in [7, 11) is 0. The zero-order chi connectivity index (χ0) is 54.2. The number of para-hydroxylation sites is 1. The van der Waals surface area contributed by atoms with Crippen molar-refractivity contribution in [3.8, 4) is 118 Å². The lowest BCUT2D eigenvalue weighted by molar-refractivity contribution is 1.05. The number of nitrogens with zero attached hydrogens (tertiary/aromatic N) is 10. The molecule has 0 bridgehead atoms. The molecule has 0 saturated heterocycles. The number of aromatic nitrogens is 10. The quantitative estimate of drug-likeness (QED) is 0.125. The number of hydrogen-bond acceptors (Lipinski definition) is 9. The maximum Gasteiger partial charge on any atom is 0.187 e. The molecule has 0 aliphatic carbocycles. The molecule has 8 aromatic heterocycles. The van der Waals surface area contributed by atoms with Crippen LogP contribution in [0.2, 0.25) is 0 Å². The van der Waals surface area contributed by atoms with Gasteiger partial charge in [0.2, 0.25) is 0 Å². The summed E-state index contributed by atoms with van der Waals surface area (Å²) in [5.74, 6) is 1.27. The van der Waals surface area contributed by atoms with Crippen LogP contribution in [-0.2, 0) is 0 Å². The lowest BCUT2D eigenvalue weighted by Gasteiger charge is -2.14. The van der Waals surface area contributed by atoms with Crippen molar-refractivity contribution >= 4 is 10.8 Å². The fourth-order valence-corrected chi connectivity index (χ4v) is 10.1. The number of fused-ring (bicyclic) bond motifs is 1. The Kier molecular flexibility index (Phi) is 13.9. The van der Waals surface area contributed by atoms with E-state index >= 15 is 0 Å². The number of pyridine rings is 7. The van der Waals surface area contributed by atoms with Gasteiger partial charge in [-0.2, -0.15) is 0 Å². The highest BCUT2D eigenvalue weighted by Gasteiger charge is 2.21. The Labute approximate surface area is 468 Å². The third-order valence-corrected chi connectivity index (χ3v) is 14.0. The van der Waals surface area contributed by atoms with Crippen LogP contribution in [0.5, 0.6) is 0 Å². The van der Waals surface area contributed by atoms with E-state index in [4.69, 9.17) is 9.97 Å². The predicted octanol–water partition coefficient (Wildman–Crippen LogP) is 16.5. The van der Waals surface area contributed by atoms with Crippen molar-refractivity contribution in [3.05, 3.63) is 292 Å². The molecule has 0 aliphatic heterocycles. The molecule has 14 rings (SSSR count). The second-order valence-electron chi connectivity index (χ2n) is 19.2. The largest absolute Gasteiger partial charge is 0.272 e. The number of benzene rings is 6. The van der Waals surface area contributed by atoms with E-state index in [-0.39, 0.29) is 0 Å². The molecule has 0 unspecified atom stereocenters. The third kappa shape index (κ3) is 10.8. The van der Waals surface area contributed by atoms with Gasteiger partial charge in [0, 0.05) is 89.3 Å². The van der Waals surface area contributed by atoms with Gasteiger partial charge >= 0.3 is 0 Å². The summed E-state index contributed by atoms with van der Waals surface area (Å²) < 4.78 is 2.01. The second-order valence-corrected chi connectivity index (χ2v) is 19.2. The van der Waals surface area contributed by atoms with Gasteiger partial charge in [0.05, 0.1) is 17.1 Å². The monoisotopic (exact) mass is 1040 g/mol. The van der Waals surface area contributed by atoms with Crippen LogP contribution in [0.4, 0.5) is 0 Å². The zero-order valence-corrected chi connectivity index (χ0v) is 43.7. The Morgan fingerprint density at radius 2 is 0.654 bits per heavy atom. The van der Waals surface area contributed by atoms with E-state index in [1.54, 1.807) is 31.0 Å². The van der Waals surface area contributed by atoms with Gasteiger partial charge in [-0.1, -0.05) is 121 Å². The molecule has 0 spiro atoms. The molecule has 6 aromatic carbocycles. The van der Waals surface area contributed by atoms with Crippen LogP contribution in [-0.4, -0.2) is 49.7 Å². The molecule has 0 saturated carbocycles. The summed E-state index contributed by atoms with van der Waals surface area (Å²) in [5, 5.41) is 11.6. The predicted molar refractivity (Wildman–Crippen MR) is 324 cm³/mol. The van der Waals surface area contributed by atoms with E-state index in [2.05, 4.69) is 163 Å². The van der Waals surface area contributed by atoms with Gasteiger partial charge in [0.15, 0.2) is 11.6 Å². The van der Waals surface area contributed by atoms with E-state index in [1.807, 2.05) is 139 Å². The second kappa shape index (κ2) is 22.8. The number of rotatable bonds is 11. The van der Waals surface area contributed by atoms with Crippen molar-refractivity contribution in [1.29, 1.82) is 0 Å². The van der Waals surface area contributed by atoms with Gasteiger partial charge in [0.1, 0.15) is 11.4 Å². The van der Waals surface area contributed by atoms with Crippen molar-refractivity contribution < 1.29 is 0 Å². The zero-order valence-electron chi connectivity index (χ0n) is 43.7. The van der Waals surface area contributed by atoms with E-state index in [1.165, 1.54) is 5.39 Å². The van der Waals surface area contributed by atoms with Gasteiger partial charge < -0.3 is 0 Å². The standard InChI is InChI=1S/C38H26N4.C33H22N6/c1-6-27(33-17-35(29-8-2-12-39-23-29)21-36(18-33)30-9-3-13-40-24-30)16-28(7-1)34-19-37(31-10-4-14-41-25-31)22-38(20-34)32-11-5-15-42-26-32;1-2-13-24(14-3-1)39-32(37-38-33(39)31-21-10-19-29(36-31)28-17-6-7-22-34-28)30-20-9-18-27(35-30)26-16-8-12-23-11-4-5-15-25(23)26/h1-26H;1-22H. The van der Waals surface area contributed by atoms with E-state index in [9.17, 15) is 0 Å². The molecule has 10 nitrogen and oxygen atoms in total. The van der Waals surface area contributed by atoms with Crippen LogP contribution in [0.3, 0.4) is 0 Å². The van der Waals surface area contributed by atoms with Crippen LogP contribution >= 0.6 is 0 Å². The summed E-state index contributed by atoms with van der Waals surface area (Å²) in [6.45, 7) is 0. The Morgan fingerprint density at radius 3 is 1.16 bits per heavy atom. The van der Waals surface area contributed by atoms with Crippen LogP contribution < -0.4 is 0 Å². The topological polar surface area (TPSA) is 121 Å². The first kappa shape index (κ1) is 49.3. The Bertz CT molecular complexity index is 4180. The first-order chi connectivity index (χ1) is 40.1. The fraction of sp³-hybridized carbons (Fsp3) is 0. The minimum absolute atomic E-state index is 0.631. The van der Waals surface area contributed by atoms with Crippen LogP contribution in [0.15, 0.2) is 292 Å². The number of hydrogen-bond donors (Lipinski definition) is 0. The summed E-state index contributed by atoms with van der Waals surface area (Å²) in [6.07, 6.45) is 16.6. The maximum absolute atomic E-state index is 5.07. The van der Waals surface area contributed by atoms with Crippen molar-refractivity contribution in [3.63, 3.8) is 0 Å². The average Bonchev–Trinajstić information content (AvgIpc) is 4.07. The van der Waals surface area contributed by atoms with Crippen LogP contribution in [0.1, 0.15) is 0 Å². The minimum atomic E-state index is 0.631. The van der Waals surface area contributed by atoms with Crippen LogP contribution in [0, 0.1) is 0 Å². The first-order valence-corrected chi connectivity index (χ1v) is 26.5. The third-order valence-electron chi connectivity index (χ3n) is 14.0. The molecule has 0 radical (unpaired) electrons. The highest BCUT2D eigenvalue weighted by Crippen LogP contribution is 2.38. The summed E-state index contributed by atoms with van der Waals surface area (Å²) in [6, 6.07) is 80.8. The molecule has 8 heterocycles. The molecule has 0 aliphatic rings. The van der Waals surface area contributed by atoms with Gasteiger partial charge in [-0.05, 0) is 171 Å². The summed E-state index contributed by atoms with van der Waals surface area (Å²) >= 11 is 0. The smallest absolute Gasteiger partial charge is 0.187 e. The van der Waals surface area contributed by atoms with Gasteiger partial charge in [-0.3, -0.25) is 29.5 Å². The van der Waals surface area contributed by atoms with E-state index < -0.39 is 0 Å². The van der Waals surface area contributed by atoms with Crippen molar-refractivity contribution in [2.24, 2.45) is 0 Å². The Morgan fingerprint density at radius 1 is 0.259 bits per heavy atom. The van der Waals surface area contributed by atoms with Crippen molar-refractivity contribution in [2.75, 3.05) is 0 Å². The normalized spacial score (nSPS) is 11.0. The fourth-order valence-electron chi connectivity index (χ4n) is 10.1. The Balaban J connectivity index is 0.000000153. The molecule has 382 valence electrons. The van der Waals surface area contributed by atoms with Gasteiger partial charge in [0.25, 0.3) is 0 Å². The summed E-state index contributed by atoms with van der Waals surface area (Å²) in [4.78, 5) is 31.9. The minimum Gasteiger partial charge on any atom is -0.272 e. The van der Waals surface area contributed by atoms with Crippen molar-refractivity contribution in [1.82, 2.24) is 49.7 Å². The molecular weight excluding hydrogens is 993 g/mol. The van der Waals surface area contributed by atoms with Gasteiger partial charge in [-0.25, -0.2) is 9.97 Å². The van der Waals surface area contributed by atoms with Crippen molar-refractivity contribution in [2.45, 2.75) is 0 Å². The van der Waals surface area contributed by atoms with Crippen LogP contribution in [0.25, 0.3) is 129 Å². The molecule has 0 atom stereocenters.